The van der Waals surface area contributed by atoms with Gasteiger partial charge < -0.3 is 4.74 Å². The average Bonchev–Trinajstić information content (AvgIpc) is 3.34. The van der Waals surface area contributed by atoms with E-state index < -0.39 is 12.0 Å². The molecule has 3 aliphatic heterocycles. The summed E-state index contributed by atoms with van der Waals surface area (Å²) in [6.07, 6.45) is 0.994. The lowest BCUT2D eigenvalue weighted by molar-refractivity contribution is -0.126. The predicted octanol–water partition coefficient (Wildman–Crippen LogP) is 2.99. The second-order valence-electron chi connectivity index (χ2n) is 7.36. The van der Waals surface area contributed by atoms with Crippen LogP contribution < -0.4 is 9.64 Å². The van der Waals surface area contributed by atoms with E-state index >= 15 is 0 Å². The van der Waals surface area contributed by atoms with Gasteiger partial charge in [0.05, 0.1) is 24.8 Å². The highest BCUT2D eigenvalue weighted by Gasteiger charge is 2.62. The van der Waals surface area contributed by atoms with Crippen LogP contribution in [0.5, 0.6) is 5.75 Å². The standard InChI is InChI=1S/C21H20BrN3O3/c1-28-16-8-6-13(7-9-16)18-17-19(24-11-3-10-23(18)24)21(27)25(20(17)26)15-5-2-4-14(22)12-15/h2,4-9,12,17-19H,3,10-11H2,1H3/t17-,18-,19-/m0/s1. The quantitative estimate of drug-likeness (QED) is 0.685. The van der Waals surface area contributed by atoms with E-state index in [2.05, 4.69) is 25.9 Å². The van der Waals surface area contributed by atoms with Crippen molar-refractivity contribution in [3.63, 3.8) is 0 Å². The first kappa shape index (κ1) is 17.8. The highest BCUT2D eigenvalue weighted by atomic mass is 79.9. The number of carbonyl (C=O) groups excluding carboxylic acids is 2. The maximum absolute atomic E-state index is 13.5. The number of fused-ring (bicyclic) bond motifs is 3. The summed E-state index contributed by atoms with van der Waals surface area (Å²) in [6.45, 7) is 1.67. The molecule has 2 amide bonds. The predicted molar refractivity (Wildman–Crippen MR) is 108 cm³/mol. The molecule has 28 heavy (non-hydrogen) atoms. The molecule has 144 valence electrons. The summed E-state index contributed by atoms with van der Waals surface area (Å²) in [5.41, 5.74) is 1.66. The van der Waals surface area contributed by atoms with E-state index in [1.54, 1.807) is 7.11 Å². The molecule has 3 atom stereocenters. The van der Waals surface area contributed by atoms with E-state index in [0.29, 0.717) is 5.69 Å². The van der Waals surface area contributed by atoms with Crippen LogP contribution in [0, 0.1) is 5.92 Å². The third kappa shape index (κ3) is 2.53. The van der Waals surface area contributed by atoms with Gasteiger partial charge in [-0.3, -0.25) is 9.59 Å². The van der Waals surface area contributed by atoms with Crippen molar-refractivity contribution in [1.29, 1.82) is 0 Å². The zero-order valence-corrected chi connectivity index (χ0v) is 17.0. The molecule has 2 aromatic rings. The van der Waals surface area contributed by atoms with Crippen LogP contribution in [-0.4, -0.2) is 48.1 Å². The van der Waals surface area contributed by atoms with Gasteiger partial charge in [-0.15, -0.1) is 0 Å². The van der Waals surface area contributed by atoms with E-state index in [0.717, 1.165) is 35.3 Å². The fourth-order valence-electron chi connectivity index (χ4n) is 4.78. The molecule has 6 nitrogen and oxygen atoms in total. The zero-order valence-electron chi connectivity index (χ0n) is 15.4. The minimum absolute atomic E-state index is 0.122. The Morgan fingerprint density at radius 1 is 0.964 bits per heavy atom. The van der Waals surface area contributed by atoms with Crippen LogP contribution in [0.25, 0.3) is 0 Å². The van der Waals surface area contributed by atoms with Crippen molar-refractivity contribution in [3.8, 4) is 5.75 Å². The molecule has 0 aliphatic carbocycles. The number of anilines is 1. The number of hydrazine groups is 1. The fourth-order valence-corrected chi connectivity index (χ4v) is 5.17. The monoisotopic (exact) mass is 441 g/mol. The number of imide groups is 1. The lowest BCUT2D eigenvalue weighted by Crippen LogP contribution is -2.44. The van der Waals surface area contributed by atoms with Gasteiger partial charge in [0.1, 0.15) is 11.8 Å². The van der Waals surface area contributed by atoms with E-state index in [4.69, 9.17) is 4.74 Å². The Morgan fingerprint density at radius 3 is 2.36 bits per heavy atom. The van der Waals surface area contributed by atoms with Gasteiger partial charge in [-0.2, -0.15) is 0 Å². The summed E-state index contributed by atoms with van der Waals surface area (Å²) in [7, 11) is 1.64. The first-order valence-corrected chi connectivity index (χ1v) is 10.2. The summed E-state index contributed by atoms with van der Waals surface area (Å²) in [4.78, 5) is 28.2. The van der Waals surface area contributed by atoms with Crippen LogP contribution >= 0.6 is 15.9 Å². The third-order valence-electron chi connectivity index (χ3n) is 5.93. The van der Waals surface area contributed by atoms with Crippen LogP contribution in [-0.2, 0) is 9.59 Å². The van der Waals surface area contributed by atoms with Gasteiger partial charge in [-0.1, -0.05) is 34.1 Å². The Labute approximate surface area is 171 Å². The topological polar surface area (TPSA) is 53.1 Å². The Bertz CT molecular complexity index is 948. The van der Waals surface area contributed by atoms with Crippen molar-refractivity contribution < 1.29 is 14.3 Å². The van der Waals surface area contributed by atoms with E-state index in [1.165, 1.54) is 4.90 Å². The lowest BCUT2D eigenvalue weighted by Gasteiger charge is -2.29. The van der Waals surface area contributed by atoms with Crippen LogP contribution in [0.4, 0.5) is 5.69 Å². The Kier molecular flexibility index (Phi) is 4.26. The second kappa shape index (κ2) is 6.69. The van der Waals surface area contributed by atoms with Crippen LogP contribution in [0.3, 0.4) is 0 Å². The maximum atomic E-state index is 13.5. The minimum atomic E-state index is -0.430. The third-order valence-corrected chi connectivity index (χ3v) is 6.42. The van der Waals surface area contributed by atoms with Crippen LogP contribution in [0.1, 0.15) is 18.0 Å². The summed E-state index contributed by atoms with van der Waals surface area (Å²) in [5.74, 6) is 0.126. The molecule has 2 aromatic carbocycles. The molecule has 3 fully saturated rings. The van der Waals surface area contributed by atoms with Crippen LogP contribution in [0.2, 0.25) is 0 Å². The lowest BCUT2D eigenvalue weighted by atomic mass is 9.90. The second-order valence-corrected chi connectivity index (χ2v) is 8.28. The normalized spacial score (nSPS) is 27.4. The number of hydrogen-bond acceptors (Lipinski definition) is 5. The van der Waals surface area contributed by atoms with Gasteiger partial charge in [0.15, 0.2) is 0 Å². The average molecular weight is 442 g/mol. The number of nitrogens with zero attached hydrogens (tertiary/aromatic N) is 3. The molecular formula is C21H20BrN3O3. The van der Waals surface area contributed by atoms with E-state index in [-0.39, 0.29) is 17.9 Å². The molecule has 7 heteroatoms. The van der Waals surface area contributed by atoms with E-state index in [9.17, 15) is 9.59 Å². The smallest absolute Gasteiger partial charge is 0.253 e. The molecule has 3 aliphatic rings. The summed E-state index contributed by atoms with van der Waals surface area (Å²) in [6, 6.07) is 14.6. The van der Waals surface area contributed by atoms with Gasteiger partial charge in [-0.25, -0.2) is 14.9 Å². The number of benzene rings is 2. The number of carbonyl (C=O) groups is 2. The molecule has 3 saturated heterocycles. The first-order chi connectivity index (χ1) is 13.6. The molecule has 0 spiro atoms. The largest absolute Gasteiger partial charge is 0.497 e. The summed E-state index contributed by atoms with van der Waals surface area (Å²) >= 11 is 3.44. The van der Waals surface area contributed by atoms with Crippen molar-refractivity contribution in [1.82, 2.24) is 10.0 Å². The number of hydrogen-bond donors (Lipinski definition) is 0. The number of amides is 2. The summed E-state index contributed by atoms with van der Waals surface area (Å²) in [5, 5.41) is 4.32. The fraction of sp³-hybridized carbons (Fsp3) is 0.333. The van der Waals surface area contributed by atoms with Gasteiger partial charge in [0, 0.05) is 17.6 Å². The number of rotatable bonds is 3. The maximum Gasteiger partial charge on any atom is 0.253 e. The minimum Gasteiger partial charge on any atom is -0.497 e. The van der Waals surface area contributed by atoms with Crippen LogP contribution in [0.15, 0.2) is 53.0 Å². The Hall–Kier alpha value is -2.22. The highest BCUT2D eigenvalue weighted by Crippen LogP contribution is 2.49. The van der Waals surface area contributed by atoms with Gasteiger partial charge in [-0.05, 0) is 42.3 Å². The molecule has 5 rings (SSSR count). The number of halogens is 1. The summed E-state index contributed by atoms with van der Waals surface area (Å²) < 4.78 is 6.12. The zero-order chi connectivity index (χ0) is 19.4. The molecule has 0 aromatic heterocycles. The Balaban J connectivity index is 1.56. The molecule has 3 heterocycles. The van der Waals surface area contributed by atoms with Gasteiger partial charge >= 0.3 is 0 Å². The van der Waals surface area contributed by atoms with Crippen molar-refractivity contribution in [2.75, 3.05) is 25.1 Å². The van der Waals surface area contributed by atoms with Crippen molar-refractivity contribution in [2.45, 2.75) is 18.5 Å². The molecular weight excluding hydrogens is 422 g/mol. The molecule has 0 radical (unpaired) electrons. The number of methoxy groups -OCH3 is 1. The van der Waals surface area contributed by atoms with Gasteiger partial charge in [0.2, 0.25) is 5.91 Å². The van der Waals surface area contributed by atoms with Crippen molar-refractivity contribution in [2.24, 2.45) is 5.92 Å². The van der Waals surface area contributed by atoms with Crippen molar-refractivity contribution in [3.05, 3.63) is 58.6 Å². The first-order valence-electron chi connectivity index (χ1n) is 9.40. The number of ether oxygens (including phenoxy) is 1. The molecule has 0 N–H and O–H groups in total. The van der Waals surface area contributed by atoms with E-state index in [1.807, 2.05) is 48.5 Å². The highest BCUT2D eigenvalue weighted by molar-refractivity contribution is 9.10. The SMILES string of the molecule is COc1ccc([C@H]2[C@@H]3C(=O)N(c4cccc(Br)c4)C(=O)[C@H]3N3CCCN23)cc1. The Morgan fingerprint density at radius 2 is 1.68 bits per heavy atom. The van der Waals surface area contributed by atoms with Crippen molar-refractivity contribution >= 4 is 33.4 Å². The van der Waals surface area contributed by atoms with Gasteiger partial charge in [0.25, 0.3) is 5.91 Å². The molecule has 0 unspecified atom stereocenters. The molecule has 0 saturated carbocycles. The molecule has 0 bridgehead atoms.